The van der Waals surface area contributed by atoms with Crippen LogP contribution in [0.3, 0.4) is 0 Å². The number of hydrogen-bond acceptors (Lipinski definition) is 5. The van der Waals surface area contributed by atoms with E-state index in [4.69, 9.17) is 22.1 Å². The molecule has 1 atom stereocenters. The van der Waals surface area contributed by atoms with Gasteiger partial charge in [-0.25, -0.2) is 13.2 Å². The Morgan fingerprint density at radius 1 is 1.17 bits per heavy atom. The van der Waals surface area contributed by atoms with E-state index in [0.29, 0.717) is 60.9 Å². The summed E-state index contributed by atoms with van der Waals surface area (Å²) in [5.41, 5.74) is 10.5. The van der Waals surface area contributed by atoms with E-state index < -0.39 is 11.8 Å². The average Bonchev–Trinajstić information content (AvgIpc) is 2.93. The van der Waals surface area contributed by atoms with Crippen molar-refractivity contribution in [2.24, 2.45) is 18.9 Å². The second-order valence-corrected chi connectivity index (χ2v) is 12.2. The number of aryl methyl sites for hydroxylation is 1. The highest BCUT2D eigenvalue weighted by Gasteiger charge is 2.48. The van der Waals surface area contributed by atoms with E-state index in [1.54, 1.807) is 48.9 Å². The van der Waals surface area contributed by atoms with E-state index in [2.05, 4.69) is 0 Å². The van der Waals surface area contributed by atoms with E-state index in [0.717, 1.165) is 22.3 Å². The molecule has 2 aromatic rings. The highest BCUT2D eigenvalue weighted by Crippen LogP contribution is 2.42. The molecule has 4 rings (SSSR count). The SMILES string of the molecule is COC/C(CN1CCC(C2CCN(c3ccc(N)cc3F)CC2)C(F)(F)C1)=C(Cl)\C=C(/C)c1cn(C)c(=O)c(C)c1C. The molecule has 1 aromatic heterocycles. The molecule has 1 aromatic carbocycles. The number of methoxy groups -OCH3 is 1. The van der Waals surface area contributed by atoms with Crippen LogP contribution in [0.25, 0.3) is 5.57 Å². The number of piperidine rings is 2. The Kier molecular flexibility index (Phi) is 10.2. The van der Waals surface area contributed by atoms with Gasteiger partial charge in [0.25, 0.3) is 11.5 Å². The van der Waals surface area contributed by atoms with Crippen molar-refractivity contribution in [3.63, 3.8) is 0 Å². The highest BCUT2D eigenvalue weighted by molar-refractivity contribution is 6.32. The molecule has 10 heteroatoms. The molecule has 0 aliphatic carbocycles. The first-order chi connectivity index (χ1) is 19.8. The Balaban J connectivity index is 1.43. The van der Waals surface area contributed by atoms with Crippen molar-refractivity contribution in [1.82, 2.24) is 9.47 Å². The van der Waals surface area contributed by atoms with Crippen LogP contribution in [0.2, 0.25) is 0 Å². The molecule has 230 valence electrons. The molecule has 0 saturated carbocycles. The summed E-state index contributed by atoms with van der Waals surface area (Å²) in [7, 11) is 3.27. The molecule has 6 nitrogen and oxygen atoms in total. The standard InChI is InChI=1S/C32H42ClF3N4O2/c1-20(26-17-38(4)31(41)22(3)21(26)2)14-28(33)24(18-42-5)16-39-11-10-27(32(35,36)19-39)23-8-12-40(13-9-23)30-7-6-25(37)15-29(30)34/h6-7,14-15,17,23,27H,8-13,16,18-19,37H2,1-5H3/b20-14+,28-24+. The first kappa shape index (κ1) is 32.2. The number of anilines is 2. The van der Waals surface area contributed by atoms with E-state index in [1.807, 2.05) is 24.8 Å². The van der Waals surface area contributed by atoms with Crippen LogP contribution in [0.15, 0.2) is 45.9 Å². The summed E-state index contributed by atoms with van der Waals surface area (Å²) in [5.74, 6) is -4.06. The number of alkyl halides is 2. The Morgan fingerprint density at radius 3 is 2.48 bits per heavy atom. The maximum Gasteiger partial charge on any atom is 0.263 e. The molecule has 42 heavy (non-hydrogen) atoms. The lowest BCUT2D eigenvalue weighted by molar-refractivity contribution is -0.130. The Morgan fingerprint density at radius 2 is 1.86 bits per heavy atom. The normalized spacial score (nSPS) is 21.0. The topological polar surface area (TPSA) is 63.7 Å². The van der Waals surface area contributed by atoms with Gasteiger partial charge in [-0.1, -0.05) is 11.6 Å². The van der Waals surface area contributed by atoms with Gasteiger partial charge in [0.1, 0.15) is 5.82 Å². The number of hydrogen-bond donors (Lipinski definition) is 1. The molecule has 2 aliphatic rings. The number of likely N-dealkylation sites (tertiary alicyclic amines) is 1. The third-order valence-corrected chi connectivity index (χ3v) is 9.30. The maximum atomic E-state index is 15.6. The largest absolute Gasteiger partial charge is 0.399 e. The molecule has 1 unspecified atom stereocenters. The van der Waals surface area contributed by atoms with Gasteiger partial charge in [-0.15, -0.1) is 0 Å². The smallest absolute Gasteiger partial charge is 0.263 e. The van der Waals surface area contributed by atoms with Crippen LogP contribution in [0.5, 0.6) is 0 Å². The lowest BCUT2D eigenvalue weighted by Gasteiger charge is -2.45. The summed E-state index contributed by atoms with van der Waals surface area (Å²) in [6.07, 6.45) is 5.19. The lowest BCUT2D eigenvalue weighted by atomic mass is 9.76. The van der Waals surface area contributed by atoms with Crippen LogP contribution in [0.1, 0.15) is 42.9 Å². The van der Waals surface area contributed by atoms with Gasteiger partial charge in [-0.05, 0) is 99.0 Å². The number of ether oxygens (including phenoxy) is 1. The van der Waals surface area contributed by atoms with Crippen molar-refractivity contribution in [2.75, 3.05) is 57.1 Å². The molecule has 2 fully saturated rings. The quantitative estimate of drug-likeness (QED) is 0.289. The Hall–Kier alpha value is -2.75. The minimum atomic E-state index is -2.85. The number of nitrogens with zero attached hydrogens (tertiary/aromatic N) is 3. The number of allylic oxidation sites excluding steroid dienone is 3. The first-order valence-electron chi connectivity index (χ1n) is 14.4. The van der Waals surface area contributed by atoms with Gasteiger partial charge in [0.15, 0.2) is 0 Å². The summed E-state index contributed by atoms with van der Waals surface area (Å²) in [6.45, 7) is 7.40. The predicted molar refractivity (Wildman–Crippen MR) is 165 cm³/mol. The van der Waals surface area contributed by atoms with Gasteiger partial charge in [-0.2, -0.15) is 0 Å². The predicted octanol–water partition coefficient (Wildman–Crippen LogP) is 6.14. The molecular formula is C32H42ClF3N4O2. The summed E-state index contributed by atoms with van der Waals surface area (Å²) in [6, 6.07) is 4.63. The van der Waals surface area contributed by atoms with Crippen LogP contribution >= 0.6 is 11.6 Å². The number of halogens is 4. The maximum absolute atomic E-state index is 15.6. The number of aromatic nitrogens is 1. The van der Waals surface area contributed by atoms with Crippen molar-refractivity contribution < 1.29 is 17.9 Å². The monoisotopic (exact) mass is 606 g/mol. The molecule has 2 N–H and O–H groups in total. The summed E-state index contributed by atoms with van der Waals surface area (Å²) < 4.78 is 52.6. The van der Waals surface area contributed by atoms with Gasteiger partial charge >= 0.3 is 0 Å². The van der Waals surface area contributed by atoms with Crippen molar-refractivity contribution in [1.29, 1.82) is 0 Å². The van der Waals surface area contributed by atoms with Gasteiger partial charge in [0.05, 0.1) is 18.8 Å². The third-order valence-electron chi connectivity index (χ3n) is 8.92. The minimum Gasteiger partial charge on any atom is -0.399 e. The zero-order valence-corrected chi connectivity index (χ0v) is 25.9. The van der Waals surface area contributed by atoms with Crippen LogP contribution in [-0.4, -0.2) is 61.8 Å². The molecule has 2 aliphatic heterocycles. The van der Waals surface area contributed by atoms with Crippen molar-refractivity contribution in [3.05, 3.63) is 73.9 Å². The van der Waals surface area contributed by atoms with E-state index in [9.17, 15) is 9.18 Å². The minimum absolute atomic E-state index is 0.0450. The number of nitrogen functional groups attached to an aromatic ring is 1. The number of nitrogens with two attached hydrogens (primary N) is 1. The second kappa shape index (κ2) is 13.3. The molecule has 0 amide bonds. The van der Waals surface area contributed by atoms with Gasteiger partial charge < -0.3 is 19.9 Å². The van der Waals surface area contributed by atoms with Gasteiger partial charge in [-0.3, -0.25) is 9.69 Å². The van der Waals surface area contributed by atoms with E-state index in [-0.39, 0.29) is 37.0 Å². The lowest BCUT2D eigenvalue weighted by Crippen LogP contribution is -2.53. The van der Waals surface area contributed by atoms with Crippen molar-refractivity contribution in [2.45, 2.75) is 46.0 Å². The van der Waals surface area contributed by atoms with Gasteiger partial charge in [0.2, 0.25) is 0 Å². The van der Waals surface area contributed by atoms with Crippen LogP contribution in [-0.2, 0) is 11.8 Å². The fourth-order valence-corrected chi connectivity index (χ4v) is 6.72. The third kappa shape index (κ3) is 7.06. The van der Waals surface area contributed by atoms with E-state index >= 15 is 8.78 Å². The first-order valence-corrected chi connectivity index (χ1v) is 14.8. The van der Waals surface area contributed by atoms with Crippen LogP contribution in [0.4, 0.5) is 24.5 Å². The van der Waals surface area contributed by atoms with E-state index in [1.165, 1.54) is 6.07 Å². The molecule has 3 heterocycles. The molecule has 0 bridgehead atoms. The fourth-order valence-electron chi connectivity index (χ4n) is 6.44. The zero-order chi connectivity index (χ0) is 30.8. The summed E-state index contributed by atoms with van der Waals surface area (Å²) in [4.78, 5) is 16.0. The van der Waals surface area contributed by atoms with Crippen molar-refractivity contribution >= 4 is 28.5 Å². The van der Waals surface area contributed by atoms with Gasteiger partial charge in [0, 0.05) is 62.2 Å². The zero-order valence-electron chi connectivity index (χ0n) is 25.2. The molecular weight excluding hydrogens is 565 g/mol. The van der Waals surface area contributed by atoms with Crippen molar-refractivity contribution in [3.8, 4) is 0 Å². The molecule has 0 radical (unpaired) electrons. The average molecular weight is 607 g/mol. The number of pyridine rings is 1. The van der Waals surface area contributed by atoms with Crippen LogP contribution in [0, 0.1) is 31.5 Å². The highest BCUT2D eigenvalue weighted by atomic mass is 35.5. The number of benzene rings is 1. The Labute approximate surface area is 251 Å². The summed E-state index contributed by atoms with van der Waals surface area (Å²) >= 11 is 6.76. The van der Waals surface area contributed by atoms with Crippen LogP contribution < -0.4 is 16.2 Å². The number of rotatable bonds is 8. The summed E-state index contributed by atoms with van der Waals surface area (Å²) in [5, 5.41) is 0.452. The Bertz CT molecular complexity index is 1410. The molecule has 0 spiro atoms. The fraction of sp³-hybridized carbons (Fsp3) is 0.531. The molecule has 2 saturated heterocycles. The second-order valence-electron chi connectivity index (χ2n) is 11.8.